The standard InChI is InChI=1S/C19H25N3O2/c1-13(2)18(20)19(23)22-14(3)15-7-6-9-17(11-15)24-12-16-8-4-5-10-21-16/h4-11,13-14,18H,12,20H2,1-3H3,(H,22,23)/t14?,18-/m0/s1. The van der Waals surface area contributed by atoms with Gasteiger partial charge in [0.25, 0.3) is 0 Å². The predicted molar refractivity (Wildman–Crippen MR) is 94.4 cm³/mol. The number of benzene rings is 1. The summed E-state index contributed by atoms with van der Waals surface area (Å²) >= 11 is 0. The monoisotopic (exact) mass is 327 g/mol. The molecule has 0 saturated carbocycles. The molecule has 0 spiro atoms. The number of rotatable bonds is 7. The van der Waals surface area contributed by atoms with Crippen molar-refractivity contribution in [3.63, 3.8) is 0 Å². The smallest absolute Gasteiger partial charge is 0.237 e. The van der Waals surface area contributed by atoms with E-state index in [1.807, 2.05) is 63.2 Å². The Morgan fingerprint density at radius 1 is 1.21 bits per heavy atom. The van der Waals surface area contributed by atoms with E-state index in [1.165, 1.54) is 0 Å². The molecule has 1 aromatic heterocycles. The first-order chi connectivity index (χ1) is 11.5. The van der Waals surface area contributed by atoms with Crippen LogP contribution in [0.4, 0.5) is 0 Å². The highest BCUT2D eigenvalue weighted by Gasteiger charge is 2.19. The fourth-order valence-corrected chi connectivity index (χ4v) is 2.21. The summed E-state index contributed by atoms with van der Waals surface area (Å²) in [4.78, 5) is 16.3. The van der Waals surface area contributed by atoms with Crippen LogP contribution in [0.25, 0.3) is 0 Å². The summed E-state index contributed by atoms with van der Waals surface area (Å²) in [5, 5.41) is 2.95. The second-order valence-corrected chi connectivity index (χ2v) is 6.18. The Labute approximate surface area is 143 Å². The summed E-state index contributed by atoms with van der Waals surface area (Å²) in [5.41, 5.74) is 7.72. The highest BCUT2D eigenvalue weighted by atomic mass is 16.5. The lowest BCUT2D eigenvalue weighted by atomic mass is 10.0. The first kappa shape index (κ1) is 17.9. The number of nitrogens with two attached hydrogens (primary N) is 1. The molecule has 1 amide bonds. The molecule has 5 heteroatoms. The van der Waals surface area contributed by atoms with Crippen LogP contribution in [0.3, 0.4) is 0 Å². The molecule has 0 aliphatic rings. The molecule has 2 atom stereocenters. The molecule has 24 heavy (non-hydrogen) atoms. The van der Waals surface area contributed by atoms with Crippen molar-refractivity contribution in [3.05, 3.63) is 59.9 Å². The zero-order valence-corrected chi connectivity index (χ0v) is 14.4. The zero-order valence-electron chi connectivity index (χ0n) is 14.4. The van der Waals surface area contributed by atoms with Crippen LogP contribution in [0.5, 0.6) is 5.75 Å². The van der Waals surface area contributed by atoms with Gasteiger partial charge >= 0.3 is 0 Å². The van der Waals surface area contributed by atoms with Gasteiger partial charge in [0.05, 0.1) is 17.8 Å². The van der Waals surface area contributed by atoms with Crippen LogP contribution < -0.4 is 15.8 Å². The molecule has 1 aromatic carbocycles. The SMILES string of the molecule is CC(NC(=O)[C@@H](N)C(C)C)c1cccc(OCc2ccccn2)c1. The van der Waals surface area contributed by atoms with Crippen LogP contribution in [-0.2, 0) is 11.4 Å². The highest BCUT2D eigenvalue weighted by molar-refractivity contribution is 5.82. The minimum atomic E-state index is -0.504. The molecular weight excluding hydrogens is 302 g/mol. The molecule has 2 rings (SSSR count). The maximum absolute atomic E-state index is 12.1. The first-order valence-electron chi connectivity index (χ1n) is 8.16. The van der Waals surface area contributed by atoms with Gasteiger partial charge in [-0.05, 0) is 42.7 Å². The van der Waals surface area contributed by atoms with Crippen LogP contribution in [0.1, 0.15) is 38.1 Å². The van der Waals surface area contributed by atoms with Gasteiger partial charge in [-0.25, -0.2) is 0 Å². The summed E-state index contributed by atoms with van der Waals surface area (Å²) in [6, 6.07) is 12.8. The Bertz CT molecular complexity index is 659. The van der Waals surface area contributed by atoms with Gasteiger partial charge in [-0.2, -0.15) is 0 Å². The van der Waals surface area contributed by atoms with Gasteiger partial charge in [-0.1, -0.05) is 32.0 Å². The molecule has 0 fully saturated rings. The van der Waals surface area contributed by atoms with Crippen molar-refractivity contribution in [2.75, 3.05) is 0 Å². The molecule has 0 bridgehead atoms. The number of aromatic nitrogens is 1. The topological polar surface area (TPSA) is 77.2 Å². The molecule has 1 unspecified atom stereocenters. The van der Waals surface area contributed by atoms with Crippen molar-refractivity contribution in [2.24, 2.45) is 11.7 Å². The molecule has 0 aliphatic carbocycles. The fraction of sp³-hybridized carbons (Fsp3) is 0.368. The summed E-state index contributed by atoms with van der Waals surface area (Å²) < 4.78 is 5.77. The summed E-state index contributed by atoms with van der Waals surface area (Å²) in [7, 11) is 0. The maximum Gasteiger partial charge on any atom is 0.237 e. The number of amides is 1. The second-order valence-electron chi connectivity index (χ2n) is 6.18. The van der Waals surface area contributed by atoms with E-state index in [2.05, 4.69) is 10.3 Å². The van der Waals surface area contributed by atoms with Crippen LogP contribution in [0.2, 0.25) is 0 Å². The molecule has 2 aromatic rings. The normalized spacial score (nSPS) is 13.4. The number of nitrogens with zero attached hydrogens (tertiary/aromatic N) is 1. The van der Waals surface area contributed by atoms with Gasteiger partial charge in [-0.3, -0.25) is 9.78 Å². The largest absolute Gasteiger partial charge is 0.487 e. The molecule has 0 radical (unpaired) electrons. The lowest BCUT2D eigenvalue weighted by molar-refractivity contribution is -0.123. The third kappa shape index (κ3) is 5.06. The maximum atomic E-state index is 12.1. The summed E-state index contributed by atoms with van der Waals surface area (Å²) in [5.74, 6) is 0.704. The minimum absolute atomic E-state index is 0.102. The van der Waals surface area contributed by atoms with Gasteiger partial charge in [0.1, 0.15) is 12.4 Å². The van der Waals surface area contributed by atoms with Crippen molar-refractivity contribution in [3.8, 4) is 5.75 Å². The highest BCUT2D eigenvalue weighted by Crippen LogP contribution is 2.20. The van der Waals surface area contributed by atoms with Crippen molar-refractivity contribution in [1.29, 1.82) is 0 Å². The number of carbonyl (C=O) groups is 1. The summed E-state index contributed by atoms with van der Waals surface area (Å²) in [6.45, 7) is 6.20. The van der Waals surface area contributed by atoms with Crippen molar-refractivity contribution in [1.82, 2.24) is 10.3 Å². The van der Waals surface area contributed by atoms with Crippen LogP contribution in [0.15, 0.2) is 48.7 Å². The van der Waals surface area contributed by atoms with Crippen molar-refractivity contribution in [2.45, 2.75) is 39.5 Å². The molecule has 0 aliphatic heterocycles. The van der Waals surface area contributed by atoms with E-state index in [1.54, 1.807) is 6.20 Å². The number of nitrogens with one attached hydrogen (secondary N) is 1. The first-order valence-corrected chi connectivity index (χ1v) is 8.16. The molecule has 0 saturated heterocycles. The van der Waals surface area contributed by atoms with Crippen molar-refractivity contribution < 1.29 is 9.53 Å². The van der Waals surface area contributed by atoms with Crippen LogP contribution >= 0.6 is 0 Å². The van der Waals surface area contributed by atoms with Crippen LogP contribution in [-0.4, -0.2) is 16.9 Å². The minimum Gasteiger partial charge on any atom is -0.487 e. The van der Waals surface area contributed by atoms with E-state index >= 15 is 0 Å². The Hall–Kier alpha value is -2.40. The lowest BCUT2D eigenvalue weighted by Crippen LogP contribution is -2.44. The van der Waals surface area contributed by atoms with E-state index in [4.69, 9.17) is 10.5 Å². The third-order valence-electron chi connectivity index (χ3n) is 3.85. The van der Waals surface area contributed by atoms with Crippen LogP contribution in [0, 0.1) is 5.92 Å². The lowest BCUT2D eigenvalue weighted by Gasteiger charge is -2.20. The number of carbonyl (C=O) groups excluding carboxylic acids is 1. The van der Waals surface area contributed by atoms with Gasteiger partial charge in [0, 0.05) is 6.20 Å². The van der Waals surface area contributed by atoms with Gasteiger partial charge < -0.3 is 15.8 Å². The Morgan fingerprint density at radius 2 is 2.00 bits per heavy atom. The average Bonchev–Trinajstić information content (AvgIpc) is 2.60. The second kappa shape index (κ2) is 8.45. The number of hydrogen-bond acceptors (Lipinski definition) is 4. The Kier molecular flexibility index (Phi) is 6.32. The summed E-state index contributed by atoms with van der Waals surface area (Å²) in [6.07, 6.45) is 1.74. The molecule has 3 N–H and O–H groups in total. The quantitative estimate of drug-likeness (QED) is 0.820. The van der Waals surface area contributed by atoms with E-state index in [-0.39, 0.29) is 17.9 Å². The molecular formula is C19H25N3O2. The Morgan fingerprint density at radius 3 is 2.67 bits per heavy atom. The Balaban J connectivity index is 1.97. The van der Waals surface area contributed by atoms with E-state index in [0.29, 0.717) is 6.61 Å². The van der Waals surface area contributed by atoms with Gasteiger partial charge in [0.2, 0.25) is 5.91 Å². The molecule has 1 heterocycles. The van der Waals surface area contributed by atoms with Gasteiger partial charge in [0.15, 0.2) is 0 Å². The van der Waals surface area contributed by atoms with E-state index in [9.17, 15) is 4.79 Å². The molecule has 5 nitrogen and oxygen atoms in total. The average molecular weight is 327 g/mol. The number of pyridine rings is 1. The third-order valence-corrected chi connectivity index (χ3v) is 3.85. The van der Waals surface area contributed by atoms with Crippen molar-refractivity contribution >= 4 is 5.91 Å². The number of hydrogen-bond donors (Lipinski definition) is 2. The predicted octanol–water partition coefficient (Wildman–Crippen LogP) is 2.82. The van der Waals surface area contributed by atoms with E-state index < -0.39 is 6.04 Å². The van der Waals surface area contributed by atoms with Gasteiger partial charge in [-0.15, -0.1) is 0 Å². The zero-order chi connectivity index (χ0) is 17.5. The molecule has 128 valence electrons. The van der Waals surface area contributed by atoms with E-state index in [0.717, 1.165) is 17.0 Å². The fourth-order valence-electron chi connectivity index (χ4n) is 2.21. The number of ether oxygens (including phenoxy) is 1.